The second kappa shape index (κ2) is 8.00. The Bertz CT molecular complexity index is 457. The molecule has 1 saturated heterocycles. The van der Waals surface area contributed by atoms with Crippen LogP contribution < -0.4 is 10.1 Å². The quantitative estimate of drug-likeness (QED) is 0.851. The number of hydrogen-bond acceptors (Lipinski definition) is 4. The van der Waals surface area contributed by atoms with Crippen molar-refractivity contribution < 1.29 is 9.53 Å². The van der Waals surface area contributed by atoms with E-state index in [4.69, 9.17) is 4.74 Å². The van der Waals surface area contributed by atoms with Gasteiger partial charge in [0.1, 0.15) is 5.75 Å². The van der Waals surface area contributed by atoms with E-state index in [-0.39, 0.29) is 5.91 Å². The fraction of sp³-hybridized carbons (Fsp3) is 0.562. The maximum absolute atomic E-state index is 12.2. The van der Waals surface area contributed by atoms with E-state index in [1.54, 1.807) is 6.07 Å². The van der Waals surface area contributed by atoms with Crippen molar-refractivity contribution in [3.8, 4) is 5.75 Å². The summed E-state index contributed by atoms with van der Waals surface area (Å²) in [6.45, 7) is 8.39. The molecule has 5 nitrogen and oxygen atoms in total. The van der Waals surface area contributed by atoms with Gasteiger partial charge in [-0.1, -0.05) is 12.1 Å². The molecule has 1 heterocycles. The third-order valence-corrected chi connectivity index (χ3v) is 3.74. The van der Waals surface area contributed by atoms with Gasteiger partial charge >= 0.3 is 0 Å². The van der Waals surface area contributed by atoms with Gasteiger partial charge in [-0.05, 0) is 26.1 Å². The van der Waals surface area contributed by atoms with Gasteiger partial charge in [-0.2, -0.15) is 0 Å². The molecule has 2 rings (SSSR count). The first-order valence-corrected chi connectivity index (χ1v) is 7.61. The van der Waals surface area contributed by atoms with Gasteiger partial charge < -0.3 is 15.0 Å². The second-order valence-corrected chi connectivity index (χ2v) is 5.33. The molecule has 5 heteroatoms. The molecule has 1 fully saturated rings. The van der Waals surface area contributed by atoms with E-state index < -0.39 is 0 Å². The highest BCUT2D eigenvalue weighted by Crippen LogP contribution is 2.17. The summed E-state index contributed by atoms with van der Waals surface area (Å²) < 4.78 is 5.49. The Morgan fingerprint density at radius 3 is 2.67 bits per heavy atom. The van der Waals surface area contributed by atoms with Gasteiger partial charge in [0, 0.05) is 39.3 Å². The SMILES string of the molecule is CCOc1ccccc1C(=O)NCCN1CCN(C)CC1. The van der Waals surface area contributed by atoms with Crippen LogP contribution in [0.1, 0.15) is 17.3 Å². The number of nitrogens with zero attached hydrogens (tertiary/aromatic N) is 2. The molecule has 0 saturated carbocycles. The van der Waals surface area contributed by atoms with Gasteiger partial charge in [0.05, 0.1) is 12.2 Å². The van der Waals surface area contributed by atoms with Crippen molar-refractivity contribution in [1.29, 1.82) is 0 Å². The van der Waals surface area contributed by atoms with E-state index in [0.29, 0.717) is 24.5 Å². The standard InChI is InChI=1S/C16H25N3O2/c1-3-21-15-7-5-4-6-14(15)16(20)17-8-9-19-12-10-18(2)11-13-19/h4-7H,3,8-13H2,1-2H3,(H,17,20). The molecule has 0 unspecified atom stereocenters. The molecule has 0 aromatic heterocycles. The summed E-state index contributed by atoms with van der Waals surface area (Å²) in [4.78, 5) is 16.9. The van der Waals surface area contributed by atoms with Crippen LogP contribution in [0, 0.1) is 0 Å². The predicted molar refractivity (Wildman–Crippen MR) is 83.9 cm³/mol. The lowest BCUT2D eigenvalue weighted by Crippen LogP contribution is -2.46. The Hall–Kier alpha value is -1.59. The van der Waals surface area contributed by atoms with Gasteiger partial charge in [-0.25, -0.2) is 0 Å². The van der Waals surface area contributed by atoms with Crippen LogP contribution in [0.4, 0.5) is 0 Å². The molecular formula is C16H25N3O2. The number of para-hydroxylation sites is 1. The van der Waals surface area contributed by atoms with Crippen LogP contribution in [0.5, 0.6) is 5.75 Å². The van der Waals surface area contributed by atoms with Crippen molar-refractivity contribution in [3.63, 3.8) is 0 Å². The molecule has 1 aromatic carbocycles. The molecule has 0 spiro atoms. The van der Waals surface area contributed by atoms with Crippen LogP contribution in [0.15, 0.2) is 24.3 Å². The monoisotopic (exact) mass is 291 g/mol. The third kappa shape index (κ3) is 4.72. The van der Waals surface area contributed by atoms with E-state index in [1.165, 1.54) is 0 Å². The van der Waals surface area contributed by atoms with Gasteiger partial charge in [0.15, 0.2) is 0 Å². The number of nitrogens with one attached hydrogen (secondary N) is 1. The molecule has 0 aliphatic carbocycles. The van der Waals surface area contributed by atoms with E-state index in [1.807, 2.05) is 25.1 Å². The number of benzene rings is 1. The number of amides is 1. The lowest BCUT2D eigenvalue weighted by Gasteiger charge is -2.32. The number of rotatable bonds is 6. The lowest BCUT2D eigenvalue weighted by atomic mass is 10.2. The highest BCUT2D eigenvalue weighted by Gasteiger charge is 2.15. The Labute approximate surface area is 126 Å². The maximum atomic E-state index is 12.2. The van der Waals surface area contributed by atoms with Gasteiger partial charge in [-0.3, -0.25) is 9.69 Å². The summed E-state index contributed by atoms with van der Waals surface area (Å²) in [5.74, 6) is 0.588. The fourth-order valence-corrected chi connectivity index (χ4v) is 2.43. The Kier molecular flexibility index (Phi) is 6.02. The van der Waals surface area contributed by atoms with Crippen molar-refractivity contribution in [3.05, 3.63) is 29.8 Å². The molecule has 1 aromatic rings. The summed E-state index contributed by atoms with van der Waals surface area (Å²) in [5, 5.41) is 2.98. The number of ether oxygens (including phenoxy) is 1. The molecule has 0 radical (unpaired) electrons. The fourth-order valence-electron chi connectivity index (χ4n) is 2.43. The number of piperazine rings is 1. The Morgan fingerprint density at radius 1 is 1.24 bits per heavy atom. The van der Waals surface area contributed by atoms with Crippen LogP contribution in [0.25, 0.3) is 0 Å². The summed E-state index contributed by atoms with van der Waals surface area (Å²) in [6, 6.07) is 7.37. The van der Waals surface area contributed by atoms with Crippen molar-refractivity contribution in [1.82, 2.24) is 15.1 Å². The zero-order valence-electron chi connectivity index (χ0n) is 13.0. The minimum Gasteiger partial charge on any atom is -0.493 e. The first-order valence-electron chi connectivity index (χ1n) is 7.61. The Morgan fingerprint density at radius 2 is 1.95 bits per heavy atom. The Balaban J connectivity index is 1.79. The van der Waals surface area contributed by atoms with E-state index in [0.717, 1.165) is 32.7 Å². The average molecular weight is 291 g/mol. The van der Waals surface area contributed by atoms with Crippen molar-refractivity contribution in [2.45, 2.75) is 6.92 Å². The molecule has 1 aliphatic heterocycles. The largest absolute Gasteiger partial charge is 0.493 e. The number of carbonyl (C=O) groups excluding carboxylic acids is 1. The van der Waals surface area contributed by atoms with E-state index in [2.05, 4.69) is 22.2 Å². The van der Waals surface area contributed by atoms with Crippen molar-refractivity contribution in [2.24, 2.45) is 0 Å². The number of likely N-dealkylation sites (N-methyl/N-ethyl adjacent to an activating group) is 1. The molecule has 21 heavy (non-hydrogen) atoms. The zero-order valence-corrected chi connectivity index (χ0v) is 13.0. The second-order valence-electron chi connectivity index (χ2n) is 5.33. The number of carbonyl (C=O) groups is 1. The topological polar surface area (TPSA) is 44.8 Å². The molecular weight excluding hydrogens is 266 g/mol. The maximum Gasteiger partial charge on any atom is 0.255 e. The first kappa shape index (κ1) is 15.8. The molecule has 1 N–H and O–H groups in total. The normalized spacial score (nSPS) is 16.7. The highest BCUT2D eigenvalue weighted by molar-refractivity contribution is 5.96. The van der Waals surface area contributed by atoms with Gasteiger partial charge in [0.25, 0.3) is 5.91 Å². The third-order valence-electron chi connectivity index (χ3n) is 3.74. The van der Waals surface area contributed by atoms with Crippen LogP contribution in [0.2, 0.25) is 0 Å². The summed E-state index contributed by atoms with van der Waals surface area (Å²) in [7, 11) is 2.14. The van der Waals surface area contributed by atoms with Gasteiger partial charge in [-0.15, -0.1) is 0 Å². The van der Waals surface area contributed by atoms with Crippen molar-refractivity contribution >= 4 is 5.91 Å². The molecule has 0 bridgehead atoms. The summed E-state index contributed by atoms with van der Waals surface area (Å²) in [5.41, 5.74) is 0.609. The van der Waals surface area contributed by atoms with Crippen LogP contribution >= 0.6 is 0 Å². The predicted octanol–water partition coefficient (Wildman–Crippen LogP) is 1.06. The first-order chi connectivity index (χ1) is 10.2. The minimum absolute atomic E-state index is 0.0619. The smallest absolute Gasteiger partial charge is 0.255 e. The van der Waals surface area contributed by atoms with E-state index >= 15 is 0 Å². The summed E-state index contributed by atoms with van der Waals surface area (Å²) >= 11 is 0. The highest BCUT2D eigenvalue weighted by atomic mass is 16.5. The molecule has 1 aliphatic rings. The van der Waals surface area contributed by atoms with Crippen molar-refractivity contribution in [2.75, 3.05) is 52.9 Å². The number of hydrogen-bond donors (Lipinski definition) is 1. The lowest BCUT2D eigenvalue weighted by molar-refractivity contribution is 0.0937. The van der Waals surface area contributed by atoms with Crippen LogP contribution in [0.3, 0.4) is 0 Å². The van der Waals surface area contributed by atoms with Gasteiger partial charge in [0.2, 0.25) is 0 Å². The zero-order chi connectivity index (χ0) is 15.1. The van der Waals surface area contributed by atoms with Crippen LogP contribution in [-0.4, -0.2) is 68.6 Å². The summed E-state index contributed by atoms with van der Waals surface area (Å²) in [6.07, 6.45) is 0. The average Bonchev–Trinajstić information content (AvgIpc) is 2.50. The molecule has 0 atom stereocenters. The minimum atomic E-state index is -0.0619. The van der Waals surface area contributed by atoms with E-state index in [9.17, 15) is 4.79 Å². The van der Waals surface area contributed by atoms with Crippen LogP contribution in [-0.2, 0) is 0 Å². The molecule has 1 amide bonds. The molecule has 116 valence electrons.